The zero-order valence-corrected chi connectivity index (χ0v) is 25.7. The lowest BCUT2D eigenvalue weighted by atomic mass is 9.93. The monoisotopic (exact) mass is 593 g/mol. The van der Waals surface area contributed by atoms with Crippen LogP contribution in [-0.2, 0) is 39.0 Å². The van der Waals surface area contributed by atoms with Crippen molar-refractivity contribution in [2.45, 2.75) is 64.2 Å². The fraction of sp³-hybridized carbons (Fsp3) is 0.444. The third-order valence-electron chi connectivity index (χ3n) is 9.22. The van der Waals surface area contributed by atoms with Gasteiger partial charge in [-0.3, -0.25) is 14.6 Å². The van der Waals surface area contributed by atoms with Crippen LogP contribution in [0.15, 0.2) is 64.1 Å². The van der Waals surface area contributed by atoms with Gasteiger partial charge in [-0.15, -0.1) is 0 Å². The van der Waals surface area contributed by atoms with E-state index in [1.54, 1.807) is 0 Å². The van der Waals surface area contributed by atoms with Crippen LogP contribution in [0.5, 0.6) is 5.75 Å². The maximum Gasteiger partial charge on any atom is 0.232 e. The van der Waals surface area contributed by atoms with Gasteiger partial charge >= 0.3 is 0 Å². The average Bonchev–Trinajstić information content (AvgIpc) is 3.29. The van der Waals surface area contributed by atoms with Crippen molar-refractivity contribution < 1.29 is 23.6 Å². The number of hydrogen-bond acceptors (Lipinski definition) is 7. The van der Waals surface area contributed by atoms with Gasteiger partial charge in [-0.05, 0) is 53.3 Å². The van der Waals surface area contributed by atoms with Crippen LogP contribution in [0.4, 0.5) is 0 Å². The lowest BCUT2D eigenvalue weighted by molar-refractivity contribution is -0.142. The normalized spacial score (nSPS) is 20.1. The molecule has 8 nitrogen and oxygen atoms in total. The number of aromatic nitrogens is 1. The van der Waals surface area contributed by atoms with E-state index in [9.17, 15) is 9.59 Å². The van der Waals surface area contributed by atoms with Gasteiger partial charge in [0.2, 0.25) is 5.91 Å². The number of nitrogens with zero attached hydrogens (tertiary/aromatic N) is 3. The number of allylic oxidation sites excluding steroid dienone is 1. The van der Waals surface area contributed by atoms with Gasteiger partial charge in [0.1, 0.15) is 23.9 Å². The molecule has 1 atom stereocenters. The van der Waals surface area contributed by atoms with Crippen LogP contribution in [0.25, 0.3) is 5.70 Å². The van der Waals surface area contributed by atoms with Gasteiger partial charge in [-0.25, -0.2) is 0 Å². The van der Waals surface area contributed by atoms with Gasteiger partial charge in [0, 0.05) is 49.0 Å². The minimum Gasteiger partial charge on any atom is -0.492 e. The van der Waals surface area contributed by atoms with Crippen LogP contribution < -0.4 is 4.74 Å². The number of carbonyl (C=O) groups is 2. The summed E-state index contributed by atoms with van der Waals surface area (Å²) in [6.45, 7) is 9.19. The molecule has 1 saturated heterocycles. The SMILES string of the molecule is CC(C)(C)c1cc(CC(=O)Cc2ccc(C3=CC4C(=N3)Cc3cc(OCC5(C(=O)N6CCOCC6)CC5)ccc34)cc2)no1. The molecule has 2 aromatic carbocycles. The number of fused-ring (bicyclic) bond motifs is 3. The zero-order chi connectivity index (χ0) is 30.5. The number of rotatable bonds is 9. The lowest BCUT2D eigenvalue weighted by Gasteiger charge is -2.30. The molecule has 0 radical (unpaired) electrons. The van der Waals surface area contributed by atoms with E-state index in [1.165, 1.54) is 11.1 Å². The van der Waals surface area contributed by atoms with E-state index in [0.717, 1.165) is 53.3 Å². The van der Waals surface area contributed by atoms with E-state index >= 15 is 0 Å². The van der Waals surface area contributed by atoms with Gasteiger partial charge in [0.15, 0.2) is 0 Å². The Bertz CT molecular complexity index is 1650. The first-order valence-electron chi connectivity index (χ1n) is 15.7. The highest BCUT2D eigenvalue weighted by atomic mass is 16.5. The summed E-state index contributed by atoms with van der Waals surface area (Å²) in [5, 5.41) is 4.08. The molecule has 44 heavy (non-hydrogen) atoms. The summed E-state index contributed by atoms with van der Waals surface area (Å²) in [4.78, 5) is 32.7. The van der Waals surface area contributed by atoms with Crippen LogP contribution in [-0.4, -0.2) is 60.4 Å². The molecular weight excluding hydrogens is 554 g/mol. The number of Topliss-reactive ketones (excluding diaryl/α,β-unsaturated/α-hetero) is 1. The number of morpholine rings is 1. The molecule has 228 valence electrons. The van der Waals surface area contributed by atoms with E-state index in [1.807, 2.05) is 29.2 Å². The molecule has 2 aliphatic heterocycles. The lowest BCUT2D eigenvalue weighted by Crippen LogP contribution is -2.45. The van der Waals surface area contributed by atoms with Crippen LogP contribution >= 0.6 is 0 Å². The Morgan fingerprint density at radius 1 is 1.02 bits per heavy atom. The number of ketones is 1. The maximum atomic E-state index is 13.1. The molecule has 8 heteroatoms. The highest BCUT2D eigenvalue weighted by Gasteiger charge is 2.52. The predicted octanol–water partition coefficient (Wildman–Crippen LogP) is 5.48. The minimum absolute atomic E-state index is 0.109. The van der Waals surface area contributed by atoms with E-state index in [4.69, 9.17) is 19.0 Å². The number of ether oxygens (including phenoxy) is 2. The van der Waals surface area contributed by atoms with Crippen molar-refractivity contribution in [3.05, 3.63) is 88.3 Å². The average molecular weight is 594 g/mol. The number of hydrogen-bond donors (Lipinski definition) is 0. The van der Waals surface area contributed by atoms with Gasteiger partial charge in [0.25, 0.3) is 0 Å². The first kappa shape index (κ1) is 28.7. The smallest absolute Gasteiger partial charge is 0.232 e. The Morgan fingerprint density at radius 3 is 2.50 bits per heavy atom. The molecule has 1 unspecified atom stereocenters. The standard InChI is InChI=1S/C36H39N3O5/c1-35(2,3)33-20-26(38-44-33)19-27(40)16-23-4-6-24(7-5-23)31-21-30-29-9-8-28(17-25(29)18-32(30)37-31)43-22-36(10-11-36)34(41)39-12-14-42-15-13-39/h4-9,17,20-21,30H,10-16,18-19,22H2,1-3H3. The van der Waals surface area contributed by atoms with E-state index in [-0.39, 0.29) is 34.9 Å². The largest absolute Gasteiger partial charge is 0.492 e. The van der Waals surface area contributed by atoms with Crippen LogP contribution in [0, 0.1) is 5.41 Å². The fourth-order valence-electron chi connectivity index (χ4n) is 6.35. The van der Waals surface area contributed by atoms with Crippen LogP contribution in [0.2, 0.25) is 0 Å². The molecule has 0 bridgehead atoms. The highest BCUT2D eigenvalue weighted by Crippen LogP contribution is 2.48. The van der Waals surface area contributed by atoms with E-state index < -0.39 is 0 Å². The molecule has 0 N–H and O–H groups in total. The molecule has 1 aromatic heterocycles. The van der Waals surface area contributed by atoms with Crippen LogP contribution in [0.1, 0.15) is 73.2 Å². The Morgan fingerprint density at radius 2 is 1.80 bits per heavy atom. The number of benzene rings is 2. The number of carbonyl (C=O) groups excluding carboxylic acids is 2. The summed E-state index contributed by atoms with van der Waals surface area (Å²) in [5.74, 6) is 2.10. The molecule has 7 rings (SSSR count). The Hall–Kier alpha value is -4.04. The summed E-state index contributed by atoms with van der Waals surface area (Å²) < 4.78 is 17.0. The zero-order valence-electron chi connectivity index (χ0n) is 25.7. The second-order valence-electron chi connectivity index (χ2n) is 13.7. The highest BCUT2D eigenvalue weighted by molar-refractivity contribution is 6.06. The second-order valence-corrected chi connectivity index (χ2v) is 13.7. The molecule has 3 heterocycles. The van der Waals surface area contributed by atoms with Gasteiger partial charge < -0.3 is 18.9 Å². The molecule has 4 aliphatic rings. The topological polar surface area (TPSA) is 94.2 Å². The van der Waals surface area contributed by atoms with Crippen molar-refractivity contribution >= 4 is 23.1 Å². The maximum absolute atomic E-state index is 13.1. The van der Waals surface area contributed by atoms with Gasteiger partial charge in [-0.2, -0.15) is 0 Å². The molecule has 2 fully saturated rings. The summed E-state index contributed by atoms with van der Waals surface area (Å²) in [6, 6.07) is 16.3. The Balaban J connectivity index is 0.951. The molecule has 0 spiro atoms. The van der Waals surface area contributed by atoms with Crippen molar-refractivity contribution in [1.82, 2.24) is 10.1 Å². The van der Waals surface area contributed by atoms with Crippen LogP contribution in [0.3, 0.4) is 0 Å². The summed E-state index contributed by atoms with van der Waals surface area (Å²) in [5.41, 5.74) is 6.83. The van der Waals surface area contributed by atoms with Crippen molar-refractivity contribution in [2.24, 2.45) is 10.4 Å². The van der Waals surface area contributed by atoms with Crippen molar-refractivity contribution in [2.75, 3.05) is 32.9 Å². The number of amides is 1. The third kappa shape index (κ3) is 5.75. The first-order valence-corrected chi connectivity index (χ1v) is 15.7. The summed E-state index contributed by atoms with van der Waals surface area (Å²) >= 11 is 0. The van der Waals surface area contributed by atoms with Gasteiger partial charge in [-0.1, -0.05) is 56.3 Å². The summed E-state index contributed by atoms with van der Waals surface area (Å²) in [6.07, 6.45) is 5.42. The van der Waals surface area contributed by atoms with E-state index in [2.05, 4.69) is 56.3 Å². The van der Waals surface area contributed by atoms with Gasteiger partial charge in [0.05, 0.1) is 36.4 Å². The van der Waals surface area contributed by atoms with Crippen molar-refractivity contribution in [1.29, 1.82) is 0 Å². The minimum atomic E-state index is -0.370. The molecule has 1 amide bonds. The van der Waals surface area contributed by atoms with Crippen molar-refractivity contribution in [3.8, 4) is 5.75 Å². The quantitative estimate of drug-likeness (QED) is 0.326. The second kappa shape index (κ2) is 11.1. The molecular formula is C36H39N3O5. The molecule has 2 aliphatic carbocycles. The predicted molar refractivity (Wildman–Crippen MR) is 167 cm³/mol. The summed E-state index contributed by atoms with van der Waals surface area (Å²) in [7, 11) is 0. The molecule has 1 saturated carbocycles. The molecule has 3 aromatic rings. The first-order chi connectivity index (χ1) is 21.2. The third-order valence-corrected chi connectivity index (χ3v) is 9.22. The number of aliphatic imine (C=N–C) groups is 1. The fourth-order valence-corrected chi connectivity index (χ4v) is 6.35. The van der Waals surface area contributed by atoms with Crippen molar-refractivity contribution in [3.63, 3.8) is 0 Å². The Labute approximate surface area is 258 Å². The Kier molecular flexibility index (Phi) is 7.28. The van der Waals surface area contributed by atoms with E-state index in [0.29, 0.717) is 45.0 Å².